The summed E-state index contributed by atoms with van der Waals surface area (Å²) < 4.78 is 5.04. The number of halogens is 1. The van der Waals surface area contributed by atoms with Crippen molar-refractivity contribution in [2.75, 3.05) is 6.61 Å². The van der Waals surface area contributed by atoms with Gasteiger partial charge in [-0.2, -0.15) is 0 Å². The Bertz CT molecular complexity index is 518. The molecule has 0 saturated carbocycles. The molecule has 0 spiro atoms. The number of aromatic carboxylic acids is 1. The molecule has 0 aliphatic heterocycles. The number of carbonyl (C=O) groups is 3. The molecule has 0 heterocycles. The third kappa shape index (κ3) is 4.84. The summed E-state index contributed by atoms with van der Waals surface area (Å²) in [4.78, 5) is 32.7. The Morgan fingerprint density at radius 1 is 1.32 bits per heavy atom. The fraction of sp³-hybridized carbons (Fsp3) is 0.182. The normalized spacial score (nSPS) is 9.58. The smallest absolute Gasteiger partial charge is 0.339 e. The summed E-state index contributed by atoms with van der Waals surface area (Å²) in [6.07, 6.45) is 0. The summed E-state index contributed by atoms with van der Waals surface area (Å²) in [5.74, 6) is -2.28. The van der Waals surface area contributed by atoms with E-state index >= 15 is 0 Å². The van der Waals surface area contributed by atoms with Gasteiger partial charge in [0, 0.05) is 11.9 Å². The fourth-order valence-electron chi connectivity index (χ4n) is 1.13. The molecular formula is C11H11ClN2O5. The van der Waals surface area contributed by atoms with Crippen LogP contribution in [0.4, 0.5) is 0 Å². The molecule has 1 rings (SSSR count). The highest BCUT2D eigenvalue weighted by Crippen LogP contribution is 2.22. The summed E-state index contributed by atoms with van der Waals surface area (Å²) in [7, 11) is 0. The second kappa shape index (κ2) is 6.60. The first-order chi connectivity index (χ1) is 8.90. The lowest BCUT2D eigenvalue weighted by molar-refractivity contribution is -0.129. The first-order valence-corrected chi connectivity index (χ1v) is 5.49. The van der Waals surface area contributed by atoms with Crippen LogP contribution in [0.2, 0.25) is 5.02 Å². The summed E-state index contributed by atoms with van der Waals surface area (Å²) in [5.41, 5.74) is 3.99. The van der Waals surface area contributed by atoms with Gasteiger partial charge in [-0.25, -0.2) is 4.79 Å². The summed E-state index contributed by atoms with van der Waals surface area (Å²) >= 11 is 5.66. The molecule has 2 amide bonds. The molecule has 3 N–H and O–H groups in total. The predicted octanol–water partition coefficient (Wildman–Crippen LogP) is 0.584. The second-order valence-electron chi connectivity index (χ2n) is 3.46. The van der Waals surface area contributed by atoms with Gasteiger partial charge < -0.3 is 9.84 Å². The van der Waals surface area contributed by atoms with Gasteiger partial charge in [-0.15, -0.1) is 0 Å². The van der Waals surface area contributed by atoms with Gasteiger partial charge in [0.25, 0.3) is 5.91 Å². The Hall–Kier alpha value is -2.28. The molecule has 8 heteroatoms. The zero-order chi connectivity index (χ0) is 14.4. The van der Waals surface area contributed by atoms with Gasteiger partial charge in [-0.05, 0) is 18.2 Å². The molecule has 0 bridgehead atoms. The average molecular weight is 287 g/mol. The van der Waals surface area contributed by atoms with Crippen molar-refractivity contribution in [1.29, 1.82) is 0 Å². The number of benzene rings is 1. The number of hydrazine groups is 1. The second-order valence-corrected chi connectivity index (χ2v) is 3.90. The van der Waals surface area contributed by atoms with E-state index in [2.05, 4.69) is 10.9 Å². The van der Waals surface area contributed by atoms with E-state index in [9.17, 15) is 14.4 Å². The van der Waals surface area contributed by atoms with E-state index in [0.717, 1.165) is 0 Å². The van der Waals surface area contributed by atoms with Crippen LogP contribution in [0.1, 0.15) is 17.3 Å². The first-order valence-electron chi connectivity index (χ1n) is 5.11. The number of carbonyl (C=O) groups excluding carboxylic acids is 2. The number of hydrogen-bond donors (Lipinski definition) is 3. The van der Waals surface area contributed by atoms with Crippen molar-refractivity contribution in [2.45, 2.75) is 6.92 Å². The Morgan fingerprint density at radius 3 is 2.58 bits per heavy atom. The Kier molecular flexibility index (Phi) is 5.13. The highest BCUT2D eigenvalue weighted by Gasteiger charge is 2.13. The van der Waals surface area contributed by atoms with Crippen LogP contribution in [0.15, 0.2) is 18.2 Å². The van der Waals surface area contributed by atoms with Crippen LogP contribution in [0.3, 0.4) is 0 Å². The van der Waals surface area contributed by atoms with Crippen LogP contribution >= 0.6 is 11.6 Å². The molecule has 0 aromatic heterocycles. The number of hydrogen-bond acceptors (Lipinski definition) is 4. The van der Waals surface area contributed by atoms with E-state index in [0.29, 0.717) is 0 Å². The summed E-state index contributed by atoms with van der Waals surface area (Å²) in [5, 5.41) is 9.18. The van der Waals surface area contributed by atoms with Crippen LogP contribution in [0, 0.1) is 0 Å². The third-order valence-electron chi connectivity index (χ3n) is 1.91. The minimum absolute atomic E-state index is 0.00914. The van der Waals surface area contributed by atoms with E-state index in [1.807, 2.05) is 0 Å². The summed E-state index contributed by atoms with van der Waals surface area (Å²) in [6, 6.07) is 4.00. The standard InChI is InChI=1S/C11H11ClN2O5/c1-6(15)13-14-10(16)5-19-9-3-2-7(12)4-8(9)11(17)18/h2-4H,5H2,1H3,(H,13,15)(H,14,16)(H,17,18). The van der Waals surface area contributed by atoms with Crippen molar-refractivity contribution in [3.05, 3.63) is 28.8 Å². The van der Waals surface area contributed by atoms with Crippen LogP contribution in [0.25, 0.3) is 0 Å². The quantitative estimate of drug-likeness (QED) is 0.703. The third-order valence-corrected chi connectivity index (χ3v) is 2.14. The van der Waals surface area contributed by atoms with Gasteiger partial charge in [-0.3, -0.25) is 20.4 Å². The largest absolute Gasteiger partial charge is 0.483 e. The number of ether oxygens (including phenoxy) is 1. The molecule has 0 aliphatic carbocycles. The molecule has 7 nitrogen and oxygen atoms in total. The highest BCUT2D eigenvalue weighted by atomic mass is 35.5. The molecule has 1 aromatic rings. The van der Waals surface area contributed by atoms with Crippen molar-refractivity contribution >= 4 is 29.4 Å². The number of rotatable bonds is 4. The molecular weight excluding hydrogens is 276 g/mol. The topological polar surface area (TPSA) is 105 Å². The van der Waals surface area contributed by atoms with Crippen molar-refractivity contribution in [3.63, 3.8) is 0 Å². The lowest BCUT2D eigenvalue weighted by Gasteiger charge is -2.09. The van der Waals surface area contributed by atoms with Gasteiger partial charge in [0.1, 0.15) is 11.3 Å². The molecule has 0 saturated heterocycles. The number of carboxylic acid groups (broad SMARTS) is 1. The maximum Gasteiger partial charge on any atom is 0.339 e. The van der Waals surface area contributed by atoms with E-state index < -0.39 is 24.4 Å². The van der Waals surface area contributed by atoms with Gasteiger partial charge in [0.05, 0.1) is 0 Å². The zero-order valence-corrected chi connectivity index (χ0v) is 10.7. The number of amides is 2. The van der Waals surface area contributed by atoms with E-state index in [1.165, 1.54) is 25.1 Å². The monoisotopic (exact) mass is 286 g/mol. The van der Waals surface area contributed by atoms with Crippen molar-refractivity contribution in [3.8, 4) is 5.75 Å². The zero-order valence-electron chi connectivity index (χ0n) is 9.90. The molecule has 0 aliphatic rings. The van der Waals surface area contributed by atoms with E-state index in [-0.39, 0.29) is 16.3 Å². The predicted molar refractivity (Wildman–Crippen MR) is 65.9 cm³/mol. The SMILES string of the molecule is CC(=O)NNC(=O)COc1ccc(Cl)cc1C(=O)O. The van der Waals surface area contributed by atoms with Crippen molar-refractivity contribution in [2.24, 2.45) is 0 Å². The van der Waals surface area contributed by atoms with Gasteiger partial charge in [-0.1, -0.05) is 11.6 Å². The van der Waals surface area contributed by atoms with Crippen LogP contribution in [-0.2, 0) is 9.59 Å². The molecule has 0 unspecified atom stereocenters. The molecule has 0 radical (unpaired) electrons. The average Bonchev–Trinajstić information content (AvgIpc) is 2.34. The molecule has 0 atom stereocenters. The van der Waals surface area contributed by atoms with Crippen LogP contribution in [-0.4, -0.2) is 29.5 Å². The number of nitrogens with one attached hydrogen (secondary N) is 2. The van der Waals surface area contributed by atoms with Crippen molar-refractivity contribution < 1.29 is 24.2 Å². The van der Waals surface area contributed by atoms with Gasteiger partial charge in [0.2, 0.25) is 5.91 Å². The maximum absolute atomic E-state index is 11.2. The molecule has 1 aromatic carbocycles. The van der Waals surface area contributed by atoms with Gasteiger partial charge in [0.15, 0.2) is 6.61 Å². The van der Waals surface area contributed by atoms with Crippen LogP contribution < -0.4 is 15.6 Å². The molecule has 19 heavy (non-hydrogen) atoms. The van der Waals surface area contributed by atoms with Crippen LogP contribution in [0.5, 0.6) is 5.75 Å². The molecule has 102 valence electrons. The first kappa shape index (κ1) is 14.8. The Labute approximate surface area is 113 Å². The Balaban J connectivity index is 2.65. The number of carboxylic acids is 1. The fourth-order valence-corrected chi connectivity index (χ4v) is 1.30. The minimum Gasteiger partial charge on any atom is -0.483 e. The Morgan fingerprint density at radius 2 is 2.00 bits per heavy atom. The lowest BCUT2D eigenvalue weighted by atomic mass is 10.2. The maximum atomic E-state index is 11.2. The highest BCUT2D eigenvalue weighted by molar-refractivity contribution is 6.31. The van der Waals surface area contributed by atoms with E-state index in [1.54, 1.807) is 0 Å². The van der Waals surface area contributed by atoms with Gasteiger partial charge >= 0.3 is 5.97 Å². The molecule has 0 fully saturated rings. The van der Waals surface area contributed by atoms with Crippen molar-refractivity contribution in [1.82, 2.24) is 10.9 Å². The minimum atomic E-state index is -1.22. The van der Waals surface area contributed by atoms with E-state index in [4.69, 9.17) is 21.4 Å². The summed E-state index contributed by atoms with van der Waals surface area (Å²) in [6.45, 7) is 0.783. The lowest BCUT2D eigenvalue weighted by Crippen LogP contribution is -2.42.